The van der Waals surface area contributed by atoms with Crippen LogP contribution in [-0.4, -0.2) is 34.6 Å². The van der Waals surface area contributed by atoms with Crippen molar-refractivity contribution in [3.8, 4) is 5.75 Å². The quantitative estimate of drug-likeness (QED) is 0.864. The van der Waals surface area contributed by atoms with E-state index in [4.69, 9.17) is 10.5 Å². The lowest BCUT2D eigenvalue weighted by molar-refractivity contribution is 0.404. The second kappa shape index (κ2) is 6.32. The minimum Gasteiger partial charge on any atom is -0.490 e. The molecule has 1 aliphatic rings. The zero-order chi connectivity index (χ0) is 13.7. The van der Waals surface area contributed by atoms with E-state index in [1.807, 2.05) is 11.8 Å². The summed E-state index contributed by atoms with van der Waals surface area (Å²) < 4.78 is 5.57. The molecule has 1 aromatic heterocycles. The van der Waals surface area contributed by atoms with Crippen molar-refractivity contribution in [2.75, 3.05) is 31.0 Å². The van der Waals surface area contributed by atoms with E-state index < -0.39 is 0 Å². The molecule has 0 aliphatic heterocycles. The minimum atomic E-state index is 0.309. The number of rotatable bonds is 5. The number of hydrogen-bond acceptors (Lipinski definition) is 6. The maximum absolute atomic E-state index is 5.78. The van der Waals surface area contributed by atoms with Gasteiger partial charge in [-0.2, -0.15) is 11.8 Å². The number of aromatic nitrogens is 2. The van der Waals surface area contributed by atoms with Crippen molar-refractivity contribution < 1.29 is 4.74 Å². The van der Waals surface area contributed by atoms with Crippen molar-refractivity contribution in [2.45, 2.75) is 36.9 Å². The first-order valence-electron chi connectivity index (χ1n) is 6.64. The Morgan fingerprint density at radius 2 is 2.11 bits per heavy atom. The van der Waals surface area contributed by atoms with E-state index in [9.17, 15) is 0 Å². The monoisotopic (exact) mass is 282 g/mol. The second-order valence-electron chi connectivity index (χ2n) is 4.94. The second-order valence-corrected chi connectivity index (χ2v) is 6.22. The van der Waals surface area contributed by atoms with Gasteiger partial charge in [-0.15, -0.1) is 0 Å². The van der Waals surface area contributed by atoms with E-state index in [-0.39, 0.29) is 0 Å². The van der Waals surface area contributed by atoms with Gasteiger partial charge in [-0.3, -0.25) is 0 Å². The first kappa shape index (κ1) is 14.2. The highest BCUT2D eigenvalue weighted by Gasteiger charge is 2.31. The topological polar surface area (TPSA) is 73.1 Å². The predicted octanol–water partition coefficient (Wildman–Crippen LogP) is 2.55. The van der Waals surface area contributed by atoms with Crippen molar-refractivity contribution in [2.24, 2.45) is 0 Å². The lowest BCUT2D eigenvalue weighted by Gasteiger charge is -2.36. The molecule has 1 fully saturated rings. The van der Waals surface area contributed by atoms with Crippen LogP contribution < -0.4 is 15.8 Å². The maximum atomic E-state index is 5.78. The summed E-state index contributed by atoms with van der Waals surface area (Å²) in [6.45, 7) is 0.890. The largest absolute Gasteiger partial charge is 0.490 e. The molecule has 106 valence electrons. The van der Waals surface area contributed by atoms with Crippen LogP contribution in [0.15, 0.2) is 6.33 Å². The van der Waals surface area contributed by atoms with Gasteiger partial charge in [-0.1, -0.05) is 19.3 Å². The number of methoxy groups -OCH3 is 1. The van der Waals surface area contributed by atoms with Crippen LogP contribution >= 0.6 is 11.8 Å². The van der Waals surface area contributed by atoms with Gasteiger partial charge in [0.05, 0.1) is 7.11 Å². The summed E-state index contributed by atoms with van der Waals surface area (Å²) in [5, 5.41) is 3.39. The van der Waals surface area contributed by atoms with Gasteiger partial charge in [0.2, 0.25) is 5.75 Å². The number of nitrogens with zero attached hydrogens (tertiary/aromatic N) is 2. The van der Waals surface area contributed by atoms with Crippen LogP contribution in [0.5, 0.6) is 5.75 Å². The number of ether oxygens (including phenoxy) is 1. The third-order valence-corrected chi connectivity index (χ3v) is 5.23. The van der Waals surface area contributed by atoms with Gasteiger partial charge in [0.25, 0.3) is 0 Å². The number of nitrogen functional groups attached to an aromatic ring is 1. The molecule has 0 spiro atoms. The van der Waals surface area contributed by atoms with Crippen molar-refractivity contribution in [3.05, 3.63) is 6.33 Å². The Morgan fingerprint density at radius 1 is 1.37 bits per heavy atom. The molecule has 1 aromatic rings. The average molecular weight is 282 g/mol. The Labute approximate surface area is 118 Å². The molecule has 0 amide bonds. The summed E-state index contributed by atoms with van der Waals surface area (Å²) in [5.41, 5.74) is 5.78. The van der Waals surface area contributed by atoms with Crippen LogP contribution in [0.2, 0.25) is 0 Å². The molecule has 1 saturated carbocycles. The lowest BCUT2D eigenvalue weighted by Crippen LogP contribution is -2.35. The molecule has 0 saturated heterocycles. The van der Waals surface area contributed by atoms with Crippen molar-refractivity contribution in [3.63, 3.8) is 0 Å². The number of anilines is 2. The molecule has 0 bridgehead atoms. The normalized spacial score (nSPS) is 18.0. The summed E-state index contributed by atoms with van der Waals surface area (Å²) in [5.74, 6) is 1.60. The Morgan fingerprint density at radius 3 is 2.74 bits per heavy atom. The SMILES string of the molecule is COc1c(N)ncnc1NCC1(SC)CCCCC1. The van der Waals surface area contributed by atoms with E-state index in [1.165, 1.54) is 38.4 Å². The fraction of sp³-hybridized carbons (Fsp3) is 0.692. The third kappa shape index (κ3) is 3.23. The van der Waals surface area contributed by atoms with Crippen molar-refractivity contribution in [1.82, 2.24) is 9.97 Å². The van der Waals surface area contributed by atoms with Gasteiger partial charge in [0.1, 0.15) is 6.33 Å². The van der Waals surface area contributed by atoms with Gasteiger partial charge in [0.15, 0.2) is 11.6 Å². The van der Waals surface area contributed by atoms with Gasteiger partial charge >= 0.3 is 0 Å². The zero-order valence-electron chi connectivity index (χ0n) is 11.6. The van der Waals surface area contributed by atoms with Gasteiger partial charge in [-0.25, -0.2) is 9.97 Å². The molecule has 2 rings (SSSR count). The smallest absolute Gasteiger partial charge is 0.203 e. The molecule has 0 radical (unpaired) electrons. The van der Waals surface area contributed by atoms with E-state index in [2.05, 4.69) is 21.5 Å². The summed E-state index contributed by atoms with van der Waals surface area (Å²) in [4.78, 5) is 8.16. The Balaban J connectivity index is 2.07. The molecule has 19 heavy (non-hydrogen) atoms. The van der Waals surface area contributed by atoms with Gasteiger partial charge < -0.3 is 15.8 Å². The van der Waals surface area contributed by atoms with E-state index in [1.54, 1.807) is 7.11 Å². The minimum absolute atomic E-state index is 0.309. The highest BCUT2D eigenvalue weighted by Crippen LogP contribution is 2.39. The Bertz CT molecular complexity index is 421. The summed E-state index contributed by atoms with van der Waals surface area (Å²) in [7, 11) is 1.59. The molecule has 5 nitrogen and oxygen atoms in total. The molecular weight excluding hydrogens is 260 g/mol. The molecule has 0 aromatic carbocycles. The number of nitrogens with one attached hydrogen (secondary N) is 1. The van der Waals surface area contributed by atoms with Crippen LogP contribution in [0.1, 0.15) is 32.1 Å². The fourth-order valence-electron chi connectivity index (χ4n) is 2.61. The Kier molecular flexibility index (Phi) is 4.74. The molecule has 3 N–H and O–H groups in total. The predicted molar refractivity (Wildman–Crippen MR) is 80.8 cm³/mol. The van der Waals surface area contributed by atoms with E-state index in [0.29, 0.717) is 22.1 Å². The average Bonchev–Trinajstić information content (AvgIpc) is 2.46. The standard InChI is InChI=1S/C13H22N4OS/c1-18-10-11(14)16-9-17-12(10)15-8-13(19-2)6-4-3-5-7-13/h9H,3-8H2,1-2H3,(H3,14,15,16,17). The molecule has 1 heterocycles. The summed E-state index contributed by atoms with van der Waals surface area (Å²) in [6.07, 6.45) is 10.1. The third-order valence-electron chi connectivity index (χ3n) is 3.81. The van der Waals surface area contributed by atoms with Gasteiger partial charge in [-0.05, 0) is 19.1 Å². The number of thioether (sulfide) groups is 1. The van der Waals surface area contributed by atoms with Gasteiger partial charge in [0, 0.05) is 11.3 Å². The lowest BCUT2D eigenvalue weighted by atomic mass is 9.88. The van der Waals surface area contributed by atoms with Crippen LogP contribution in [0.3, 0.4) is 0 Å². The van der Waals surface area contributed by atoms with E-state index in [0.717, 1.165) is 6.54 Å². The van der Waals surface area contributed by atoms with E-state index >= 15 is 0 Å². The first-order chi connectivity index (χ1) is 9.21. The molecule has 1 aliphatic carbocycles. The van der Waals surface area contributed by atoms with Crippen LogP contribution in [0.4, 0.5) is 11.6 Å². The summed E-state index contributed by atoms with van der Waals surface area (Å²) >= 11 is 1.95. The highest BCUT2D eigenvalue weighted by molar-refractivity contribution is 8.00. The summed E-state index contributed by atoms with van der Waals surface area (Å²) in [6, 6.07) is 0. The first-order valence-corrected chi connectivity index (χ1v) is 7.87. The Hall–Kier alpha value is -1.17. The van der Waals surface area contributed by atoms with Crippen LogP contribution in [0, 0.1) is 0 Å². The molecular formula is C13H22N4OS. The molecule has 0 atom stereocenters. The highest BCUT2D eigenvalue weighted by atomic mass is 32.2. The fourth-order valence-corrected chi connectivity index (χ4v) is 3.52. The van der Waals surface area contributed by atoms with Crippen LogP contribution in [0.25, 0.3) is 0 Å². The maximum Gasteiger partial charge on any atom is 0.203 e. The van der Waals surface area contributed by atoms with Crippen LogP contribution in [-0.2, 0) is 0 Å². The van der Waals surface area contributed by atoms with Crippen molar-refractivity contribution >= 4 is 23.4 Å². The number of nitrogens with two attached hydrogens (primary N) is 1. The number of hydrogen-bond donors (Lipinski definition) is 2. The zero-order valence-corrected chi connectivity index (χ0v) is 12.4. The molecule has 6 heteroatoms. The molecule has 0 unspecified atom stereocenters. The van der Waals surface area contributed by atoms with Crippen molar-refractivity contribution in [1.29, 1.82) is 0 Å².